The number of benzene rings is 2. The number of phenols is 1. The maximum atomic E-state index is 11.8. The molecule has 4 rings (SSSR count). The summed E-state index contributed by atoms with van der Waals surface area (Å²) in [6.07, 6.45) is -7.03. The molecule has 2 aliphatic rings. The first-order valence-corrected chi connectivity index (χ1v) is 9.86. The molecule has 1 fully saturated rings. The molecule has 2 aliphatic heterocycles. The minimum Gasteiger partial charge on any atom is -0.508 e. The lowest BCUT2D eigenvalue weighted by Crippen LogP contribution is -2.61. The number of carbonyl (C=O) groups excluding carboxylic acids is 1. The summed E-state index contributed by atoms with van der Waals surface area (Å²) in [5.74, 6) is 0.379. The number of hydrogen-bond acceptors (Lipinski definition) is 9. The van der Waals surface area contributed by atoms with E-state index >= 15 is 0 Å². The van der Waals surface area contributed by atoms with Crippen LogP contribution in [0.25, 0.3) is 0 Å². The van der Waals surface area contributed by atoms with Crippen LogP contribution in [0.15, 0.2) is 42.5 Å². The van der Waals surface area contributed by atoms with Gasteiger partial charge in [0.15, 0.2) is 6.10 Å². The van der Waals surface area contributed by atoms with Crippen molar-refractivity contribution in [1.29, 1.82) is 0 Å². The van der Waals surface area contributed by atoms with Gasteiger partial charge in [-0.15, -0.1) is 0 Å². The van der Waals surface area contributed by atoms with Gasteiger partial charge in [0.25, 0.3) is 0 Å². The third-order valence-electron chi connectivity index (χ3n) is 5.56. The topological polar surface area (TPSA) is 135 Å². The van der Waals surface area contributed by atoms with Crippen molar-refractivity contribution in [3.8, 4) is 17.2 Å². The van der Waals surface area contributed by atoms with E-state index in [-0.39, 0.29) is 11.7 Å². The molecule has 0 radical (unpaired) electrons. The Morgan fingerprint density at radius 1 is 1.03 bits per heavy atom. The number of phenolic OH excluding ortho intramolecular Hbond substituents is 1. The summed E-state index contributed by atoms with van der Waals surface area (Å²) in [6, 6.07) is 12.2. The van der Waals surface area contributed by atoms with Crippen LogP contribution >= 0.6 is 0 Å². The second-order valence-electron chi connectivity index (χ2n) is 7.61. The number of esters is 1. The van der Waals surface area contributed by atoms with Crippen molar-refractivity contribution in [3.63, 3.8) is 0 Å². The summed E-state index contributed by atoms with van der Waals surface area (Å²) in [4.78, 5) is 11.8. The third-order valence-corrected chi connectivity index (χ3v) is 5.56. The summed E-state index contributed by atoms with van der Waals surface area (Å²) in [5.41, 5.74) is 2.02. The number of fused-ring (bicyclic) bond motifs is 1. The number of aromatic hydroxyl groups is 1. The Morgan fingerprint density at radius 3 is 2.48 bits per heavy atom. The van der Waals surface area contributed by atoms with E-state index < -0.39 is 36.7 Å². The van der Waals surface area contributed by atoms with E-state index in [1.807, 2.05) is 18.2 Å². The molecule has 0 amide bonds. The molecule has 0 aliphatic carbocycles. The monoisotopic (exact) mass is 432 g/mol. The van der Waals surface area contributed by atoms with Crippen LogP contribution in [0.2, 0.25) is 0 Å². The van der Waals surface area contributed by atoms with Gasteiger partial charge in [-0.3, -0.25) is 0 Å². The fraction of sp³-hybridized carbons (Fsp3) is 0.409. The molecule has 9 nitrogen and oxygen atoms in total. The number of methoxy groups -OCH3 is 1. The van der Waals surface area contributed by atoms with Gasteiger partial charge < -0.3 is 39.4 Å². The van der Waals surface area contributed by atoms with Crippen molar-refractivity contribution in [2.24, 2.45) is 0 Å². The van der Waals surface area contributed by atoms with Crippen LogP contribution in [0.5, 0.6) is 17.2 Å². The normalized spacial score (nSPS) is 30.1. The molecule has 0 bridgehead atoms. The van der Waals surface area contributed by atoms with Crippen LogP contribution in [0.3, 0.4) is 0 Å². The van der Waals surface area contributed by atoms with Gasteiger partial charge in [-0.1, -0.05) is 18.2 Å². The Kier molecular flexibility index (Phi) is 6.01. The van der Waals surface area contributed by atoms with Gasteiger partial charge in [0.2, 0.25) is 6.29 Å². The predicted molar refractivity (Wildman–Crippen MR) is 106 cm³/mol. The summed E-state index contributed by atoms with van der Waals surface area (Å²) < 4.78 is 21.4. The molecule has 1 saturated heterocycles. The molecule has 2 heterocycles. The molecular weight excluding hydrogens is 408 g/mol. The maximum absolute atomic E-state index is 11.8. The lowest BCUT2D eigenvalue weighted by Gasteiger charge is -2.39. The van der Waals surface area contributed by atoms with Crippen LogP contribution in [-0.4, -0.2) is 70.8 Å². The Hall–Kier alpha value is -2.85. The van der Waals surface area contributed by atoms with Crippen LogP contribution in [0.1, 0.15) is 17.0 Å². The minimum atomic E-state index is -1.65. The molecule has 0 spiro atoms. The zero-order valence-corrected chi connectivity index (χ0v) is 16.7. The number of rotatable bonds is 4. The molecule has 9 heteroatoms. The van der Waals surface area contributed by atoms with Crippen LogP contribution in [0.4, 0.5) is 0 Å². The van der Waals surface area contributed by atoms with E-state index in [4.69, 9.17) is 14.2 Å². The zero-order valence-electron chi connectivity index (χ0n) is 16.7. The van der Waals surface area contributed by atoms with Gasteiger partial charge in [-0.05, 0) is 35.7 Å². The van der Waals surface area contributed by atoms with Crippen molar-refractivity contribution >= 4 is 5.97 Å². The van der Waals surface area contributed by atoms with Gasteiger partial charge in [-0.2, -0.15) is 0 Å². The van der Waals surface area contributed by atoms with Crippen molar-refractivity contribution < 1.29 is 44.2 Å². The molecule has 2 aromatic carbocycles. The molecule has 0 saturated carbocycles. The van der Waals surface area contributed by atoms with Gasteiger partial charge in [0.05, 0.1) is 13.7 Å². The van der Waals surface area contributed by atoms with Gasteiger partial charge >= 0.3 is 5.97 Å². The smallest absolute Gasteiger partial charge is 0.337 e. The van der Waals surface area contributed by atoms with Gasteiger partial charge in [0, 0.05) is 12.0 Å². The van der Waals surface area contributed by atoms with Gasteiger partial charge in [0.1, 0.15) is 35.6 Å². The van der Waals surface area contributed by atoms with E-state index in [0.717, 1.165) is 24.7 Å². The molecule has 31 heavy (non-hydrogen) atoms. The second-order valence-corrected chi connectivity index (χ2v) is 7.61. The summed E-state index contributed by atoms with van der Waals surface area (Å²) in [5, 5.41) is 39.7. The fourth-order valence-corrected chi connectivity index (χ4v) is 3.78. The first-order chi connectivity index (χ1) is 14.9. The number of aliphatic hydroxyl groups is 3. The van der Waals surface area contributed by atoms with Crippen LogP contribution < -0.4 is 9.47 Å². The molecule has 0 aromatic heterocycles. The summed E-state index contributed by atoms with van der Waals surface area (Å²) in [6.45, 7) is 0.444. The number of aliphatic hydroxyl groups excluding tert-OH is 3. The SMILES string of the molecule is COC(=O)[C@@H]1O[C@@H](Oc2ccc3c(c2)OC[C@@H](c2ccc(O)cc2)C3)[C@@H](O)[C@@H](O)[C@@H]1O. The highest BCUT2D eigenvalue weighted by molar-refractivity contribution is 5.75. The van der Waals surface area contributed by atoms with E-state index in [0.29, 0.717) is 18.1 Å². The first-order valence-electron chi connectivity index (χ1n) is 9.86. The Bertz CT molecular complexity index is 929. The molecular formula is C22H24O9. The Balaban J connectivity index is 1.47. The van der Waals surface area contributed by atoms with Gasteiger partial charge in [-0.25, -0.2) is 4.79 Å². The fourth-order valence-electron chi connectivity index (χ4n) is 3.78. The minimum absolute atomic E-state index is 0.140. The van der Waals surface area contributed by atoms with Crippen LogP contribution in [0, 0.1) is 0 Å². The molecule has 6 atom stereocenters. The molecule has 0 unspecified atom stereocenters. The maximum Gasteiger partial charge on any atom is 0.337 e. The second kappa shape index (κ2) is 8.72. The summed E-state index contributed by atoms with van der Waals surface area (Å²) >= 11 is 0. The Labute approximate surface area is 178 Å². The predicted octanol–water partition coefficient (Wildman–Crippen LogP) is 0.470. The van der Waals surface area contributed by atoms with Crippen molar-refractivity contribution in [1.82, 2.24) is 0 Å². The molecule has 4 N–H and O–H groups in total. The molecule has 2 aromatic rings. The van der Waals surface area contributed by atoms with Crippen LogP contribution in [-0.2, 0) is 20.7 Å². The van der Waals surface area contributed by atoms with E-state index in [9.17, 15) is 25.2 Å². The number of hydrogen-bond donors (Lipinski definition) is 4. The van der Waals surface area contributed by atoms with E-state index in [1.54, 1.807) is 24.3 Å². The average molecular weight is 432 g/mol. The van der Waals surface area contributed by atoms with E-state index in [1.165, 1.54) is 0 Å². The Morgan fingerprint density at radius 2 is 1.77 bits per heavy atom. The van der Waals surface area contributed by atoms with Crippen molar-refractivity contribution in [3.05, 3.63) is 53.6 Å². The lowest BCUT2D eigenvalue weighted by molar-refractivity contribution is -0.271. The third kappa shape index (κ3) is 4.31. The average Bonchev–Trinajstić information content (AvgIpc) is 2.79. The number of ether oxygens (including phenoxy) is 4. The lowest BCUT2D eigenvalue weighted by atomic mass is 9.90. The highest BCUT2D eigenvalue weighted by Gasteiger charge is 2.48. The van der Waals surface area contributed by atoms with E-state index in [2.05, 4.69) is 4.74 Å². The first kappa shape index (κ1) is 21.4. The van der Waals surface area contributed by atoms with Crippen molar-refractivity contribution in [2.75, 3.05) is 13.7 Å². The standard InChI is InChI=1S/C22H24O9/c1-28-21(27)20-18(25)17(24)19(26)22(31-20)30-15-7-4-12-8-13(10-29-16(12)9-15)11-2-5-14(23)6-3-11/h2-7,9,13,17-20,22-26H,8,10H2,1H3/t13-,17-,18-,19-,20+,22+/m0/s1. The summed E-state index contributed by atoms with van der Waals surface area (Å²) in [7, 11) is 1.12. The highest BCUT2D eigenvalue weighted by Crippen LogP contribution is 2.36. The largest absolute Gasteiger partial charge is 0.508 e. The molecule has 166 valence electrons. The number of carbonyl (C=O) groups is 1. The quantitative estimate of drug-likeness (QED) is 0.509. The van der Waals surface area contributed by atoms with Crippen molar-refractivity contribution in [2.45, 2.75) is 43.0 Å². The zero-order chi connectivity index (χ0) is 22.1. The highest BCUT2D eigenvalue weighted by atomic mass is 16.7.